The van der Waals surface area contributed by atoms with Gasteiger partial charge in [-0.25, -0.2) is 0 Å². The largest absolute Gasteiger partial charge is 0.504 e. The van der Waals surface area contributed by atoms with Crippen LogP contribution in [-0.2, 0) is 0 Å². The molecule has 0 aliphatic heterocycles. The highest BCUT2D eigenvalue weighted by atomic mass is 16.3. The van der Waals surface area contributed by atoms with Gasteiger partial charge in [0.1, 0.15) is 0 Å². The van der Waals surface area contributed by atoms with E-state index in [0.29, 0.717) is 5.56 Å². The third-order valence-corrected chi connectivity index (χ3v) is 1.47. The number of phenolic OH excluding ortho intramolecular Hbond substituents is 3. The van der Waals surface area contributed by atoms with E-state index in [4.69, 9.17) is 26.8 Å². The van der Waals surface area contributed by atoms with E-state index >= 15 is 0 Å². The quantitative estimate of drug-likeness (QED) is 0.192. The van der Waals surface area contributed by atoms with Gasteiger partial charge < -0.3 is 26.8 Å². The number of nitrogens with zero attached hydrogens (tertiary/aromatic N) is 2. The smallest absolute Gasteiger partial charge is 0.211 e. The van der Waals surface area contributed by atoms with Gasteiger partial charge in [0.25, 0.3) is 0 Å². The van der Waals surface area contributed by atoms with Gasteiger partial charge in [-0.15, -0.1) is 5.10 Å². The van der Waals surface area contributed by atoms with Gasteiger partial charge in [-0.1, -0.05) is 0 Å². The van der Waals surface area contributed by atoms with Crippen LogP contribution in [0.5, 0.6) is 17.2 Å². The highest BCUT2D eigenvalue weighted by Gasteiger charge is 2.06. The molecule has 1 aromatic carbocycles. The number of hydrogen-bond acceptors (Lipinski definition) is 5. The van der Waals surface area contributed by atoms with Crippen LogP contribution >= 0.6 is 0 Å². The number of guanidine groups is 1. The Morgan fingerprint density at radius 2 is 1.67 bits per heavy atom. The first-order valence-corrected chi connectivity index (χ1v) is 3.87. The summed E-state index contributed by atoms with van der Waals surface area (Å²) in [5, 5.41) is 34.1. The molecule has 15 heavy (non-hydrogen) atoms. The van der Waals surface area contributed by atoms with Gasteiger partial charge in [0.2, 0.25) is 5.96 Å². The maximum Gasteiger partial charge on any atom is 0.211 e. The van der Waals surface area contributed by atoms with Crippen LogP contribution in [0.3, 0.4) is 0 Å². The zero-order chi connectivity index (χ0) is 11.4. The number of benzene rings is 1. The van der Waals surface area contributed by atoms with Gasteiger partial charge in [0, 0.05) is 5.56 Å². The lowest BCUT2D eigenvalue weighted by molar-refractivity contribution is 0.368. The second-order valence-electron chi connectivity index (χ2n) is 2.68. The topological polar surface area (TPSA) is 137 Å². The van der Waals surface area contributed by atoms with Gasteiger partial charge in [0.05, 0.1) is 6.21 Å². The fourth-order valence-corrected chi connectivity index (χ4v) is 0.862. The van der Waals surface area contributed by atoms with Crippen LogP contribution in [0, 0.1) is 0 Å². The molecule has 0 saturated carbocycles. The van der Waals surface area contributed by atoms with E-state index in [1.54, 1.807) is 0 Å². The maximum atomic E-state index is 9.13. The van der Waals surface area contributed by atoms with Gasteiger partial charge in [-0.05, 0) is 12.1 Å². The number of nitrogens with two attached hydrogens (primary N) is 2. The minimum atomic E-state index is -0.589. The van der Waals surface area contributed by atoms with Crippen molar-refractivity contribution < 1.29 is 15.3 Å². The SMILES string of the molecule is NC(N)=NN=Cc1cc(O)c(O)c(O)c1. The first kappa shape index (κ1) is 10.6. The van der Waals surface area contributed by atoms with Crippen LogP contribution in [0.15, 0.2) is 22.3 Å². The lowest BCUT2D eigenvalue weighted by Crippen LogP contribution is -2.21. The molecule has 0 amide bonds. The zero-order valence-electron chi connectivity index (χ0n) is 7.62. The highest BCUT2D eigenvalue weighted by Crippen LogP contribution is 2.34. The summed E-state index contributed by atoms with van der Waals surface area (Å²) < 4.78 is 0. The molecule has 1 aromatic rings. The molecule has 0 unspecified atom stereocenters. The van der Waals surface area contributed by atoms with Crippen LogP contribution in [0.4, 0.5) is 0 Å². The number of phenols is 3. The standard InChI is InChI=1S/C8H10N4O3/c9-8(10)12-11-3-4-1-5(13)7(15)6(14)2-4/h1-3,13-15H,(H4,9,10,12). The van der Waals surface area contributed by atoms with Crippen molar-refractivity contribution in [3.63, 3.8) is 0 Å². The molecule has 7 N–H and O–H groups in total. The zero-order valence-corrected chi connectivity index (χ0v) is 7.62. The lowest BCUT2D eigenvalue weighted by Gasteiger charge is -2.01. The van der Waals surface area contributed by atoms with Crippen LogP contribution < -0.4 is 11.5 Å². The second kappa shape index (κ2) is 4.18. The summed E-state index contributed by atoms with van der Waals surface area (Å²) in [5.74, 6) is -1.71. The van der Waals surface area contributed by atoms with Gasteiger partial charge >= 0.3 is 0 Å². The van der Waals surface area contributed by atoms with E-state index in [1.807, 2.05) is 0 Å². The first-order chi connectivity index (χ1) is 7.00. The average Bonchev–Trinajstić information content (AvgIpc) is 2.13. The van der Waals surface area contributed by atoms with Crippen molar-refractivity contribution in [3.05, 3.63) is 17.7 Å². The normalized spacial score (nSPS) is 10.4. The second-order valence-corrected chi connectivity index (χ2v) is 2.68. The molecule has 0 bridgehead atoms. The van der Waals surface area contributed by atoms with Gasteiger partial charge in [-0.3, -0.25) is 0 Å². The van der Waals surface area contributed by atoms with Crippen molar-refractivity contribution in [2.24, 2.45) is 21.7 Å². The Bertz CT molecular complexity index is 401. The molecule has 7 nitrogen and oxygen atoms in total. The molecule has 0 aliphatic rings. The molecular weight excluding hydrogens is 200 g/mol. The van der Waals surface area contributed by atoms with E-state index in [0.717, 1.165) is 0 Å². The minimum absolute atomic E-state index is 0.210. The molecule has 0 spiro atoms. The minimum Gasteiger partial charge on any atom is -0.504 e. The molecule has 0 radical (unpaired) electrons. The summed E-state index contributed by atoms with van der Waals surface area (Å²) in [4.78, 5) is 0. The van der Waals surface area contributed by atoms with Gasteiger partial charge in [0.15, 0.2) is 17.2 Å². The third-order valence-electron chi connectivity index (χ3n) is 1.47. The van der Waals surface area contributed by atoms with E-state index in [9.17, 15) is 0 Å². The number of aromatic hydroxyl groups is 3. The summed E-state index contributed by atoms with van der Waals surface area (Å²) >= 11 is 0. The predicted molar refractivity (Wildman–Crippen MR) is 54.8 cm³/mol. The fraction of sp³-hybridized carbons (Fsp3) is 0. The van der Waals surface area contributed by atoms with Crippen LogP contribution in [-0.4, -0.2) is 27.5 Å². The summed E-state index contributed by atoms with van der Waals surface area (Å²) in [6.45, 7) is 0. The Morgan fingerprint density at radius 3 is 2.13 bits per heavy atom. The predicted octanol–water partition coefficient (Wildman–Crippen LogP) is -0.589. The Balaban J connectivity index is 2.98. The fourth-order valence-electron chi connectivity index (χ4n) is 0.862. The average molecular weight is 210 g/mol. The van der Waals surface area contributed by atoms with Gasteiger partial charge in [-0.2, -0.15) is 5.10 Å². The molecule has 80 valence electrons. The van der Waals surface area contributed by atoms with E-state index in [1.165, 1.54) is 18.3 Å². The van der Waals surface area contributed by atoms with Crippen molar-refractivity contribution in [1.82, 2.24) is 0 Å². The Labute approximate surface area is 85.0 Å². The van der Waals surface area contributed by atoms with Crippen molar-refractivity contribution in [3.8, 4) is 17.2 Å². The van der Waals surface area contributed by atoms with Crippen molar-refractivity contribution >= 4 is 12.2 Å². The monoisotopic (exact) mass is 210 g/mol. The van der Waals surface area contributed by atoms with Crippen LogP contribution in [0.1, 0.15) is 5.56 Å². The summed E-state index contributed by atoms with van der Waals surface area (Å²) in [6.07, 6.45) is 1.21. The lowest BCUT2D eigenvalue weighted by atomic mass is 10.2. The molecule has 0 aliphatic carbocycles. The molecule has 7 heteroatoms. The van der Waals surface area contributed by atoms with Crippen molar-refractivity contribution in [1.29, 1.82) is 0 Å². The highest BCUT2D eigenvalue weighted by molar-refractivity contribution is 5.83. The molecular formula is C8H10N4O3. The van der Waals surface area contributed by atoms with Crippen LogP contribution in [0.2, 0.25) is 0 Å². The first-order valence-electron chi connectivity index (χ1n) is 3.87. The van der Waals surface area contributed by atoms with E-state index in [-0.39, 0.29) is 5.96 Å². The van der Waals surface area contributed by atoms with E-state index < -0.39 is 17.2 Å². The number of hydrogen-bond donors (Lipinski definition) is 5. The molecule has 0 aromatic heterocycles. The van der Waals surface area contributed by atoms with Crippen LogP contribution in [0.25, 0.3) is 0 Å². The van der Waals surface area contributed by atoms with Crippen molar-refractivity contribution in [2.75, 3.05) is 0 Å². The Morgan fingerprint density at radius 1 is 1.13 bits per heavy atom. The van der Waals surface area contributed by atoms with E-state index in [2.05, 4.69) is 10.2 Å². The number of rotatable bonds is 2. The van der Waals surface area contributed by atoms with Crippen molar-refractivity contribution in [2.45, 2.75) is 0 Å². The third kappa shape index (κ3) is 2.76. The molecule has 1 rings (SSSR count). The maximum absolute atomic E-state index is 9.13. The molecule has 0 heterocycles. The Hall–Kier alpha value is -2.44. The summed E-state index contributed by atoms with van der Waals surface area (Å²) in [5.41, 5.74) is 10.4. The Kier molecular flexibility index (Phi) is 2.97. The summed E-state index contributed by atoms with van der Waals surface area (Å²) in [6, 6.07) is 2.39. The molecule has 0 fully saturated rings. The molecule has 0 atom stereocenters. The molecule has 0 saturated heterocycles. The summed E-state index contributed by atoms with van der Waals surface area (Å²) in [7, 11) is 0.